The molecule has 1 N–H and O–H groups in total. The fraction of sp³-hybridized carbons (Fsp3) is 0.619. The Morgan fingerprint density at radius 3 is 2.81 bits per heavy atom. The highest BCUT2D eigenvalue weighted by atomic mass is 16.5. The lowest BCUT2D eigenvalue weighted by atomic mass is 9.85. The minimum atomic E-state index is -0.0241. The molecular formula is C21H30N4O. The van der Waals surface area contributed by atoms with Crippen molar-refractivity contribution >= 4 is 17.1 Å². The molecule has 26 heavy (non-hydrogen) atoms. The predicted molar refractivity (Wildman–Crippen MR) is 105 cm³/mol. The van der Waals surface area contributed by atoms with E-state index < -0.39 is 0 Å². The van der Waals surface area contributed by atoms with E-state index in [1.54, 1.807) is 0 Å². The van der Waals surface area contributed by atoms with Crippen molar-refractivity contribution in [3.63, 3.8) is 0 Å². The van der Waals surface area contributed by atoms with E-state index in [2.05, 4.69) is 36.4 Å². The number of fused-ring (bicyclic) bond motifs is 1. The summed E-state index contributed by atoms with van der Waals surface area (Å²) in [7, 11) is 0. The second kappa shape index (κ2) is 6.69. The molecule has 0 spiro atoms. The van der Waals surface area contributed by atoms with Gasteiger partial charge in [0.2, 0.25) is 5.95 Å². The first-order chi connectivity index (χ1) is 12.4. The fourth-order valence-corrected chi connectivity index (χ4v) is 4.24. The highest BCUT2D eigenvalue weighted by Gasteiger charge is 2.30. The first kappa shape index (κ1) is 17.5. The second-order valence-corrected chi connectivity index (χ2v) is 8.59. The van der Waals surface area contributed by atoms with Gasteiger partial charge in [-0.25, -0.2) is 9.97 Å². The molecule has 4 rings (SSSR count). The fourth-order valence-electron chi connectivity index (χ4n) is 4.24. The van der Waals surface area contributed by atoms with E-state index >= 15 is 0 Å². The lowest BCUT2D eigenvalue weighted by molar-refractivity contribution is -0.0720. The van der Waals surface area contributed by atoms with Gasteiger partial charge >= 0.3 is 0 Å². The van der Waals surface area contributed by atoms with Gasteiger partial charge in [-0.05, 0) is 77.3 Å². The van der Waals surface area contributed by atoms with Crippen molar-refractivity contribution in [3.8, 4) is 0 Å². The molecule has 1 unspecified atom stereocenters. The van der Waals surface area contributed by atoms with Crippen LogP contribution in [0.25, 0.3) is 11.2 Å². The molecule has 1 saturated heterocycles. The van der Waals surface area contributed by atoms with Gasteiger partial charge in [0.15, 0.2) is 5.65 Å². The van der Waals surface area contributed by atoms with Crippen LogP contribution in [0, 0.1) is 12.8 Å². The van der Waals surface area contributed by atoms with Crippen LogP contribution >= 0.6 is 0 Å². The van der Waals surface area contributed by atoms with Gasteiger partial charge in [-0.15, -0.1) is 0 Å². The van der Waals surface area contributed by atoms with E-state index in [1.807, 2.05) is 13.0 Å². The summed E-state index contributed by atoms with van der Waals surface area (Å²) in [6, 6.07) is 4.61. The van der Waals surface area contributed by atoms with Crippen LogP contribution in [0.15, 0.2) is 24.4 Å². The molecule has 5 nitrogen and oxygen atoms in total. The number of nitrogens with zero attached hydrogens (tertiary/aromatic N) is 3. The van der Waals surface area contributed by atoms with Gasteiger partial charge in [0, 0.05) is 24.0 Å². The Hall–Kier alpha value is -1.88. The minimum absolute atomic E-state index is 0.0241. The average Bonchev–Trinajstić information content (AvgIpc) is 2.82. The predicted octanol–water partition coefficient (Wildman–Crippen LogP) is 4.99. The van der Waals surface area contributed by atoms with Crippen LogP contribution in [0.1, 0.15) is 64.1 Å². The van der Waals surface area contributed by atoms with E-state index in [-0.39, 0.29) is 5.60 Å². The third kappa shape index (κ3) is 3.50. The number of rotatable bonds is 5. The monoisotopic (exact) mass is 354 g/mol. The van der Waals surface area contributed by atoms with E-state index in [4.69, 9.17) is 14.7 Å². The molecular weight excluding hydrogens is 324 g/mol. The normalized spacial score (nSPS) is 23.0. The maximum Gasteiger partial charge on any atom is 0.209 e. The lowest BCUT2D eigenvalue weighted by Gasteiger charge is -2.36. The van der Waals surface area contributed by atoms with Gasteiger partial charge in [0.1, 0.15) is 5.52 Å². The summed E-state index contributed by atoms with van der Waals surface area (Å²) in [5, 5.41) is 3.52. The summed E-state index contributed by atoms with van der Waals surface area (Å²) in [6.07, 6.45) is 6.84. The Balaban J connectivity index is 1.54. The van der Waals surface area contributed by atoms with Gasteiger partial charge in [-0.1, -0.05) is 6.58 Å². The number of nitrogens with one attached hydrogen (secondary N) is 1. The maximum absolute atomic E-state index is 5.84. The van der Waals surface area contributed by atoms with Crippen LogP contribution in [0.3, 0.4) is 0 Å². The summed E-state index contributed by atoms with van der Waals surface area (Å²) in [5.74, 6) is 1.51. The number of anilines is 1. The van der Waals surface area contributed by atoms with Crippen LogP contribution in [0.4, 0.5) is 5.95 Å². The number of ether oxygens (including phenoxy) is 1. The lowest BCUT2D eigenvalue weighted by Crippen LogP contribution is -2.34. The largest absolute Gasteiger partial charge is 0.376 e. The van der Waals surface area contributed by atoms with Crippen LogP contribution in [0.5, 0.6) is 0 Å². The maximum atomic E-state index is 5.84. The summed E-state index contributed by atoms with van der Waals surface area (Å²) in [4.78, 5) is 9.58. The Morgan fingerprint density at radius 1 is 1.31 bits per heavy atom. The SMILES string of the molecule is C=C(CC1CCOC(C)(C)C1)Nc1nc2ccc(C)nc2n1C1CCC1. The minimum Gasteiger partial charge on any atom is -0.376 e. The molecule has 1 aliphatic heterocycles. The molecule has 0 amide bonds. The molecule has 0 radical (unpaired) electrons. The van der Waals surface area contributed by atoms with E-state index in [9.17, 15) is 0 Å². The first-order valence-electron chi connectivity index (χ1n) is 9.86. The Kier molecular flexibility index (Phi) is 4.51. The highest BCUT2D eigenvalue weighted by Crippen LogP contribution is 2.37. The number of hydrogen-bond donors (Lipinski definition) is 1. The molecule has 2 aromatic heterocycles. The summed E-state index contributed by atoms with van der Waals surface area (Å²) < 4.78 is 8.14. The number of aryl methyl sites for hydroxylation is 1. The zero-order valence-electron chi connectivity index (χ0n) is 16.2. The van der Waals surface area contributed by atoms with Gasteiger partial charge in [0.05, 0.1) is 5.60 Å². The van der Waals surface area contributed by atoms with Crippen LogP contribution in [-0.2, 0) is 4.74 Å². The number of allylic oxidation sites excluding steroid dienone is 1. The molecule has 1 saturated carbocycles. The second-order valence-electron chi connectivity index (χ2n) is 8.59. The van der Waals surface area contributed by atoms with Crippen molar-refractivity contribution in [2.45, 2.75) is 70.9 Å². The van der Waals surface area contributed by atoms with Gasteiger partial charge < -0.3 is 10.1 Å². The topological polar surface area (TPSA) is 52.0 Å². The third-order valence-electron chi connectivity index (χ3n) is 5.74. The molecule has 2 fully saturated rings. The molecule has 2 aromatic rings. The Morgan fingerprint density at radius 2 is 2.12 bits per heavy atom. The van der Waals surface area contributed by atoms with Gasteiger partial charge in [-0.2, -0.15) is 0 Å². The van der Waals surface area contributed by atoms with Crippen molar-refractivity contribution in [2.24, 2.45) is 5.92 Å². The summed E-state index contributed by atoms with van der Waals surface area (Å²) >= 11 is 0. The summed E-state index contributed by atoms with van der Waals surface area (Å²) in [6.45, 7) is 11.5. The molecule has 140 valence electrons. The van der Waals surface area contributed by atoms with Crippen LogP contribution in [-0.4, -0.2) is 26.7 Å². The zero-order chi connectivity index (χ0) is 18.3. The smallest absolute Gasteiger partial charge is 0.209 e. The Labute approximate surface area is 155 Å². The molecule has 1 atom stereocenters. The van der Waals surface area contributed by atoms with Gasteiger partial charge in [-0.3, -0.25) is 4.57 Å². The number of aromatic nitrogens is 3. The molecule has 0 bridgehead atoms. The summed E-state index contributed by atoms with van der Waals surface area (Å²) in [5.41, 5.74) is 4.01. The number of hydrogen-bond acceptors (Lipinski definition) is 4. The molecule has 2 aliphatic rings. The number of pyridine rings is 1. The van der Waals surface area contributed by atoms with Crippen LogP contribution in [0.2, 0.25) is 0 Å². The highest BCUT2D eigenvalue weighted by molar-refractivity contribution is 5.75. The van der Waals surface area contributed by atoms with E-state index in [1.165, 1.54) is 19.3 Å². The quantitative estimate of drug-likeness (QED) is 0.822. The first-order valence-corrected chi connectivity index (χ1v) is 9.86. The molecule has 5 heteroatoms. The number of imidazole rings is 1. The molecule has 1 aliphatic carbocycles. The van der Waals surface area contributed by atoms with Crippen molar-refractivity contribution in [2.75, 3.05) is 11.9 Å². The average molecular weight is 354 g/mol. The van der Waals surface area contributed by atoms with Crippen molar-refractivity contribution in [1.29, 1.82) is 0 Å². The molecule has 3 heterocycles. The van der Waals surface area contributed by atoms with Crippen molar-refractivity contribution in [1.82, 2.24) is 14.5 Å². The zero-order valence-corrected chi connectivity index (χ0v) is 16.2. The Bertz CT molecular complexity index is 819. The van der Waals surface area contributed by atoms with Gasteiger partial charge in [0.25, 0.3) is 0 Å². The molecule has 0 aromatic carbocycles. The standard InChI is InChI=1S/C21H30N4O/c1-14-8-9-18-19(22-14)25(17-6-5-7-17)20(24-18)23-15(2)12-16-10-11-26-21(3,4)13-16/h8-9,16-17H,2,5-7,10-13H2,1,3-4H3,(H,23,24). The van der Waals surface area contributed by atoms with Crippen molar-refractivity contribution < 1.29 is 4.74 Å². The van der Waals surface area contributed by atoms with E-state index in [0.29, 0.717) is 12.0 Å². The van der Waals surface area contributed by atoms with Crippen molar-refractivity contribution in [3.05, 3.63) is 30.1 Å². The third-order valence-corrected chi connectivity index (χ3v) is 5.74. The van der Waals surface area contributed by atoms with E-state index in [0.717, 1.165) is 54.4 Å². The van der Waals surface area contributed by atoms with Crippen LogP contribution < -0.4 is 5.32 Å².